The van der Waals surface area contributed by atoms with Crippen LogP contribution in [0.3, 0.4) is 0 Å². The van der Waals surface area contributed by atoms with Crippen molar-refractivity contribution >= 4 is 23.6 Å². The fourth-order valence-corrected chi connectivity index (χ4v) is 4.21. The van der Waals surface area contributed by atoms with Crippen molar-refractivity contribution in [1.82, 2.24) is 5.32 Å². The van der Waals surface area contributed by atoms with Gasteiger partial charge in [-0.2, -0.15) is 11.8 Å². The zero-order valence-electron chi connectivity index (χ0n) is 14.4. The van der Waals surface area contributed by atoms with Crippen LogP contribution in [0.25, 0.3) is 11.1 Å². The highest BCUT2D eigenvalue weighted by atomic mass is 32.2. The second-order valence-corrected chi connectivity index (χ2v) is 7.74. The quantitative estimate of drug-likeness (QED) is 0.854. The fraction of sp³-hybridized carbons (Fsp3) is 0.300. The van der Waals surface area contributed by atoms with Gasteiger partial charge in [0, 0.05) is 0 Å². The molecule has 1 amide bonds. The lowest BCUT2D eigenvalue weighted by molar-refractivity contribution is -0.144. The van der Waals surface area contributed by atoms with Crippen molar-refractivity contribution in [2.75, 3.05) is 11.5 Å². The Balaban J connectivity index is 1.83. The van der Waals surface area contributed by atoms with Crippen LogP contribution >= 0.6 is 11.8 Å². The van der Waals surface area contributed by atoms with Crippen LogP contribution in [0.2, 0.25) is 0 Å². The Morgan fingerprint density at radius 3 is 2.27 bits per heavy atom. The molecule has 2 aromatic rings. The lowest BCUT2D eigenvalue weighted by atomic mass is 9.91. The minimum absolute atomic E-state index is 0.139. The van der Waals surface area contributed by atoms with Gasteiger partial charge in [0.1, 0.15) is 11.4 Å². The van der Waals surface area contributed by atoms with Gasteiger partial charge in [0.2, 0.25) is 0 Å². The molecule has 4 nitrogen and oxygen atoms in total. The molecule has 1 fully saturated rings. The number of hydrogen-bond acceptors (Lipinski definition) is 3. The summed E-state index contributed by atoms with van der Waals surface area (Å²) in [6.07, 6.45) is 0.670. The molecule has 0 spiro atoms. The Hall–Kier alpha value is -2.34. The third kappa shape index (κ3) is 3.75. The Morgan fingerprint density at radius 1 is 1.08 bits per heavy atom. The highest BCUT2D eigenvalue weighted by Crippen LogP contribution is 2.28. The lowest BCUT2D eigenvalue weighted by Crippen LogP contribution is -2.56. The third-order valence-corrected chi connectivity index (χ3v) is 5.69. The molecule has 1 heterocycles. The van der Waals surface area contributed by atoms with Crippen molar-refractivity contribution < 1.29 is 19.1 Å². The first-order valence-corrected chi connectivity index (χ1v) is 9.57. The fourth-order valence-electron chi connectivity index (χ4n) is 3.02. The summed E-state index contributed by atoms with van der Waals surface area (Å²) in [5.74, 6) is -1.11. The normalized spacial score (nSPS) is 16.1. The molecule has 0 saturated carbocycles. The molecule has 1 saturated heterocycles. The molecule has 136 valence electrons. The van der Waals surface area contributed by atoms with Crippen molar-refractivity contribution in [3.05, 3.63) is 59.4 Å². The molecule has 26 heavy (non-hydrogen) atoms. The Kier molecular flexibility index (Phi) is 5.32. The number of halogens is 1. The van der Waals surface area contributed by atoms with E-state index in [0.717, 1.165) is 11.1 Å². The van der Waals surface area contributed by atoms with Crippen LogP contribution in [-0.4, -0.2) is 34.0 Å². The number of carbonyl (C=O) groups is 2. The van der Waals surface area contributed by atoms with Gasteiger partial charge in [0.15, 0.2) is 0 Å². The maximum atomic E-state index is 14.5. The zero-order chi connectivity index (χ0) is 18.7. The molecular weight excluding hydrogens is 353 g/mol. The third-order valence-electron chi connectivity index (χ3n) is 4.71. The molecule has 0 bridgehead atoms. The number of nitrogens with one attached hydrogen (secondary N) is 1. The summed E-state index contributed by atoms with van der Waals surface area (Å²) in [6.45, 7) is 1.97. The summed E-state index contributed by atoms with van der Waals surface area (Å²) < 4.78 is 14.5. The Morgan fingerprint density at radius 2 is 1.69 bits per heavy atom. The molecular formula is C20H20FNO3S. The van der Waals surface area contributed by atoms with E-state index in [1.54, 1.807) is 17.8 Å². The first kappa shape index (κ1) is 18.5. The van der Waals surface area contributed by atoms with Crippen LogP contribution in [0, 0.1) is 12.7 Å². The van der Waals surface area contributed by atoms with Crippen molar-refractivity contribution in [1.29, 1.82) is 0 Å². The van der Waals surface area contributed by atoms with Crippen molar-refractivity contribution in [3.8, 4) is 11.1 Å². The summed E-state index contributed by atoms with van der Waals surface area (Å²) in [6, 6.07) is 12.0. The van der Waals surface area contributed by atoms with E-state index in [2.05, 4.69) is 5.32 Å². The second kappa shape index (κ2) is 7.50. The first-order chi connectivity index (χ1) is 12.4. The number of aliphatic carboxylic acids is 1. The molecule has 1 aliphatic heterocycles. The number of aryl methyl sites for hydroxylation is 1. The van der Waals surface area contributed by atoms with Crippen LogP contribution in [0.1, 0.15) is 28.8 Å². The topological polar surface area (TPSA) is 66.4 Å². The maximum absolute atomic E-state index is 14.5. The minimum atomic E-state index is -1.32. The maximum Gasteiger partial charge on any atom is 0.329 e. The predicted octanol–water partition coefficient (Wildman–Crippen LogP) is 3.88. The highest BCUT2D eigenvalue weighted by molar-refractivity contribution is 7.99. The molecule has 2 N–H and O–H groups in total. The summed E-state index contributed by atoms with van der Waals surface area (Å²) in [5, 5.41) is 12.1. The molecule has 0 radical (unpaired) electrons. The van der Waals surface area contributed by atoms with Gasteiger partial charge in [-0.1, -0.05) is 35.9 Å². The van der Waals surface area contributed by atoms with Crippen LogP contribution in [0.5, 0.6) is 0 Å². The molecule has 2 aromatic carbocycles. The molecule has 1 aliphatic rings. The molecule has 0 aliphatic carbocycles. The number of benzene rings is 2. The number of carboxylic acid groups (broad SMARTS) is 1. The first-order valence-electron chi connectivity index (χ1n) is 8.41. The van der Waals surface area contributed by atoms with E-state index in [-0.39, 0.29) is 5.56 Å². The van der Waals surface area contributed by atoms with Crippen LogP contribution < -0.4 is 5.32 Å². The van der Waals surface area contributed by atoms with Gasteiger partial charge in [0.25, 0.3) is 5.91 Å². The van der Waals surface area contributed by atoms with E-state index in [4.69, 9.17) is 0 Å². The van der Waals surface area contributed by atoms with Gasteiger partial charge in [0.05, 0.1) is 5.56 Å². The molecule has 0 atom stereocenters. The van der Waals surface area contributed by atoms with Crippen molar-refractivity contribution in [2.45, 2.75) is 25.3 Å². The summed E-state index contributed by atoms with van der Waals surface area (Å²) in [5.41, 5.74) is 1.17. The summed E-state index contributed by atoms with van der Waals surface area (Å²) >= 11 is 1.65. The number of carbonyl (C=O) groups excluding carboxylic acids is 1. The van der Waals surface area contributed by atoms with Crippen molar-refractivity contribution in [2.24, 2.45) is 0 Å². The SMILES string of the molecule is Cc1ccc(-c2ccc(C(=O)NC3(C(=O)O)CCSCC3)c(F)c2)cc1. The highest BCUT2D eigenvalue weighted by Gasteiger charge is 2.41. The average molecular weight is 373 g/mol. The van der Waals surface area contributed by atoms with E-state index >= 15 is 0 Å². The smallest absolute Gasteiger partial charge is 0.329 e. The summed E-state index contributed by atoms with van der Waals surface area (Å²) in [4.78, 5) is 24.2. The second-order valence-electron chi connectivity index (χ2n) is 6.51. The van der Waals surface area contributed by atoms with Gasteiger partial charge < -0.3 is 10.4 Å². The predicted molar refractivity (Wildman–Crippen MR) is 101 cm³/mol. The van der Waals surface area contributed by atoms with Crippen LogP contribution in [0.15, 0.2) is 42.5 Å². The Bertz CT molecular complexity index is 829. The van der Waals surface area contributed by atoms with E-state index in [1.165, 1.54) is 12.1 Å². The van der Waals surface area contributed by atoms with Gasteiger partial charge in [-0.15, -0.1) is 0 Å². The number of carboxylic acids is 1. The molecule has 6 heteroatoms. The van der Waals surface area contributed by atoms with Crippen LogP contribution in [0.4, 0.5) is 4.39 Å². The minimum Gasteiger partial charge on any atom is -0.480 e. The molecule has 0 aromatic heterocycles. The van der Waals surface area contributed by atoms with E-state index < -0.39 is 23.2 Å². The molecule has 3 rings (SSSR count). The van der Waals surface area contributed by atoms with Gasteiger partial charge in [-0.25, -0.2) is 9.18 Å². The summed E-state index contributed by atoms with van der Waals surface area (Å²) in [7, 11) is 0. The monoisotopic (exact) mass is 373 g/mol. The standard InChI is InChI=1S/C20H20FNO3S/c1-13-2-4-14(5-3-13)15-6-7-16(17(21)12-15)18(23)22-20(19(24)25)8-10-26-11-9-20/h2-7,12H,8-11H2,1H3,(H,22,23)(H,24,25). The Labute approximate surface area is 155 Å². The van der Waals surface area contributed by atoms with Gasteiger partial charge >= 0.3 is 5.97 Å². The van der Waals surface area contributed by atoms with Crippen LogP contribution in [-0.2, 0) is 4.79 Å². The van der Waals surface area contributed by atoms with E-state index in [0.29, 0.717) is 29.9 Å². The largest absolute Gasteiger partial charge is 0.480 e. The zero-order valence-corrected chi connectivity index (χ0v) is 15.2. The number of hydrogen-bond donors (Lipinski definition) is 2. The average Bonchev–Trinajstić information content (AvgIpc) is 2.62. The van der Waals surface area contributed by atoms with E-state index in [9.17, 15) is 19.1 Å². The number of thioether (sulfide) groups is 1. The number of rotatable bonds is 4. The van der Waals surface area contributed by atoms with Gasteiger partial charge in [-0.05, 0) is 54.5 Å². The van der Waals surface area contributed by atoms with Crippen molar-refractivity contribution in [3.63, 3.8) is 0 Å². The lowest BCUT2D eigenvalue weighted by Gasteiger charge is -2.33. The van der Waals surface area contributed by atoms with Gasteiger partial charge in [-0.3, -0.25) is 4.79 Å². The number of amides is 1. The molecule has 0 unspecified atom stereocenters. The van der Waals surface area contributed by atoms with E-state index in [1.807, 2.05) is 31.2 Å².